The van der Waals surface area contributed by atoms with E-state index in [9.17, 15) is 14.4 Å². The lowest BCUT2D eigenvalue weighted by molar-refractivity contribution is 0.0600. The summed E-state index contributed by atoms with van der Waals surface area (Å²) in [6.07, 6.45) is 0. The molecule has 0 atom stereocenters. The molecule has 3 rings (SSSR count). The Morgan fingerprint density at radius 3 is 2.17 bits per heavy atom. The molecular weight excluding hydrogens is 368 g/mol. The van der Waals surface area contributed by atoms with Gasteiger partial charge in [0.2, 0.25) is 0 Å². The maximum atomic E-state index is 12.7. The van der Waals surface area contributed by atoms with Crippen LogP contribution in [0.3, 0.4) is 0 Å². The van der Waals surface area contributed by atoms with E-state index < -0.39 is 5.97 Å². The van der Waals surface area contributed by atoms with E-state index in [2.05, 4.69) is 15.4 Å². The van der Waals surface area contributed by atoms with E-state index in [1.165, 1.54) is 7.11 Å². The van der Waals surface area contributed by atoms with Crippen LogP contribution >= 0.6 is 0 Å². The molecular formula is C23H20N2O4. The second-order valence-corrected chi connectivity index (χ2v) is 6.39. The van der Waals surface area contributed by atoms with E-state index in [4.69, 9.17) is 0 Å². The van der Waals surface area contributed by atoms with Crippen LogP contribution in [0, 0.1) is 6.92 Å². The van der Waals surface area contributed by atoms with Crippen LogP contribution < -0.4 is 10.6 Å². The molecule has 3 aromatic rings. The molecule has 0 aliphatic rings. The van der Waals surface area contributed by atoms with E-state index in [0.29, 0.717) is 28.1 Å². The van der Waals surface area contributed by atoms with Crippen LogP contribution in [0.15, 0.2) is 72.8 Å². The second-order valence-electron chi connectivity index (χ2n) is 6.39. The predicted octanol–water partition coefficient (Wildman–Crippen LogP) is 4.29. The fourth-order valence-electron chi connectivity index (χ4n) is 2.78. The number of carbonyl (C=O) groups is 3. The van der Waals surface area contributed by atoms with Crippen LogP contribution in [0.1, 0.15) is 36.6 Å². The number of amides is 2. The molecule has 0 heterocycles. The highest BCUT2D eigenvalue weighted by atomic mass is 16.5. The SMILES string of the molecule is COC(=O)c1ccc(NC(=O)c2ccccc2NC(=O)c2cccc(C)c2)cc1. The monoisotopic (exact) mass is 388 g/mol. The van der Waals surface area contributed by atoms with Crippen molar-refractivity contribution in [1.29, 1.82) is 0 Å². The van der Waals surface area contributed by atoms with Crippen LogP contribution in [-0.2, 0) is 4.74 Å². The van der Waals surface area contributed by atoms with Crippen molar-refractivity contribution in [2.75, 3.05) is 17.7 Å². The Bertz CT molecular complexity index is 1060. The van der Waals surface area contributed by atoms with E-state index >= 15 is 0 Å². The van der Waals surface area contributed by atoms with Gasteiger partial charge in [0.05, 0.1) is 23.9 Å². The van der Waals surface area contributed by atoms with E-state index in [-0.39, 0.29) is 11.8 Å². The summed E-state index contributed by atoms with van der Waals surface area (Å²) in [4.78, 5) is 36.8. The number of hydrogen-bond acceptors (Lipinski definition) is 4. The minimum absolute atomic E-state index is 0.295. The van der Waals surface area contributed by atoms with E-state index in [1.54, 1.807) is 66.7 Å². The maximum absolute atomic E-state index is 12.7. The molecule has 2 N–H and O–H groups in total. The molecule has 6 nitrogen and oxygen atoms in total. The van der Waals surface area contributed by atoms with Crippen molar-refractivity contribution in [3.05, 3.63) is 95.1 Å². The maximum Gasteiger partial charge on any atom is 0.337 e. The Hall–Kier alpha value is -3.93. The zero-order valence-electron chi connectivity index (χ0n) is 16.1. The second kappa shape index (κ2) is 8.84. The number of esters is 1. The summed E-state index contributed by atoms with van der Waals surface area (Å²) in [6, 6.07) is 20.3. The number of para-hydroxylation sites is 1. The molecule has 3 aromatic carbocycles. The van der Waals surface area contributed by atoms with Gasteiger partial charge in [-0.3, -0.25) is 9.59 Å². The Morgan fingerprint density at radius 2 is 1.48 bits per heavy atom. The highest BCUT2D eigenvalue weighted by molar-refractivity contribution is 6.12. The summed E-state index contributed by atoms with van der Waals surface area (Å²) in [5, 5.41) is 5.55. The summed E-state index contributed by atoms with van der Waals surface area (Å²) < 4.78 is 4.66. The van der Waals surface area contributed by atoms with Crippen molar-refractivity contribution < 1.29 is 19.1 Å². The van der Waals surface area contributed by atoms with Crippen molar-refractivity contribution in [3.8, 4) is 0 Å². The summed E-state index contributed by atoms with van der Waals surface area (Å²) in [5.41, 5.74) is 3.12. The number of methoxy groups -OCH3 is 1. The summed E-state index contributed by atoms with van der Waals surface area (Å²) in [6.45, 7) is 1.91. The number of rotatable bonds is 5. The lowest BCUT2D eigenvalue weighted by atomic mass is 10.1. The van der Waals surface area contributed by atoms with E-state index in [0.717, 1.165) is 5.56 Å². The minimum atomic E-state index is -0.452. The van der Waals surface area contributed by atoms with E-state index in [1.807, 2.05) is 13.0 Å². The van der Waals surface area contributed by atoms with Crippen LogP contribution in [-0.4, -0.2) is 24.9 Å². The average molecular weight is 388 g/mol. The molecule has 0 saturated carbocycles. The quantitative estimate of drug-likeness (QED) is 0.639. The van der Waals surface area contributed by atoms with Gasteiger partial charge in [0.15, 0.2) is 0 Å². The predicted molar refractivity (Wildman–Crippen MR) is 111 cm³/mol. The van der Waals surface area contributed by atoms with Crippen molar-refractivity contribution in [3.63, 3.8) is 0 Å². The van der Waals surface area contributed by atoms with Gasteiger partial charge in [0.1, 0.15) is 0 Å². The van der Waals surface area contributed by atoms with Crippen molar-refractivity contribution in [2.24, 2.45) is 0 Å². The standard InChI is InChI=1S/C23H20N2O4/c1-15-6-5-7-17(14-15)21(26)25-20-9-4-3-8-19(20)22(27)24-18-12-10-16(11-13-18)23(28)29-2/h3-14H,1-2H3,(H,24,27)(H,25,26). The fourth-order valence-corrected chi connectivity index (χ4v) is 2.78. The fraction of sp³-hybridized carbons (Fsp3) is 0.0870. The first-order chi connectivity index (χ1) is 14.0. The zero-order chi connectivity index (χ0) is 20.8. The van der Waals surface area contributed by atoms with Crippen molar-refractivity contribution in [2.45, 2.75) is 6.92 Å². The number of carbonyl (C=O) groups excluding carboxylic acids is 3. The summed E-state index contributed by atoms with van der Waals surface area (Å²) in [5.74, 6) is -1.13. The smallest absolute Gasteiger partial charge is 0.337 e. The van der Waals surface area contributed by atoms with Crippen molar-refractivity contribution >= 4 is 29.2 Å². The summed E-state index contributed by atoms with van der Waals surface area (Å²) in [7, 11) is 1.31. The number of aryl methyl sites for hydroxylation is 1. The number of ether oxygens (including phenoxy) is 1. The molecule has 0 fully saturated rings. The number of benzene rings is 3. The highest BCUT2D eigenvalue weighted by Gasteiger charge is 2.15. The van der Waals surface area contributed by atoms with Gasteiger partial charge in [0, 0.05) is 11.3 Å². The molecule has 0 bridgehead atoms. The lowest BCUT2D eigenvalue weighted by Gasteiger charge is -2.12. The number of hydrogen-bond donors (Lipinski definition) is 2. The lowest BCUT2D eigenvalue weighted by Crippen LogP contribution is -2.18. The molecule has 6 heteroatoms. The molecule has 146 valence electrons. The van der Waals surface area contributed by atoms with Gasteiger partial charge < -0.3 is 15.4 Å². The first-order valence-electron chi connectivity index (χ1n) is 8.94. The van der Waals surface area contributed by atoms with Crippen molar-refractivity contribution in [1.82, 2.24) is 0 Å². The van der Waals surface area contributed by atoms with Gasteiger partial charge in [-0.15, -0.1) is 0 Å². The molecule has 0 aliphatic heterocycles. The highest BCUT2D eigenvalue weighted by Crippen LogP contribution is 2.19. The van der Waals surface area contributed by atoms with Gasteiger partial charge in [0.25, 0.3) is 11.8 Å². The molecule has 0 spiro atoms. The number of anilines is 2. The molecule has 2 amide bonds. The zero-order valence-corrected chi connectivity index (χ0v) is 16.1. The molecule has 0 radical (unpaired) electrons. The van der Waals surface area contributed by atoms with Crippen LogP contribution in [0.25, 0.3) is 0 Å². The Kier molecular flexibility index (Phi) is 6.04. The first kappa shape index (κ1) is 19.8. The molecule has 0 aromatic heterocycles. The normalized spacial score (nSPS) is 10.1. The Balaban J connectivity index is 1.76. The third-order valence-corrected chi connectivity index (χ3v) is 4.26. The topological polar surface area (TPSA) is 84.5 Å². The average Bonchev–Trinajstić information content (AvgIpc) is 2.74. The molecule has 0 saturated heterocycles. The van der Waals surface area contributed by atoms with Gasteiger partial charge in [-0.1, -0.05) is 29.8 Å². The third kappa shape index (κ3) is 4.87. The minimum Gasteiger partial charge on any atom is -0.465 e. The molecule has 0 aliphatic carbocycles. The molecule has 29 heavy (non-hydrogen) atoms. The molecule has 0 unspecified atom stereocenters. The van der Waals surface area contributed by atoms with Gasteiger partial charge >= 0.3 is 5.97 Å². The van der Waals surface area contributed by atoms with Crippen LogP contribution in [0.5, 0.6) is 0 Å². The first-order valence-corrected chi connectivity index (χ1v) is 8.94. The Labute approximate surface area is 168 Å². The third-order valence-electron chi connectivity index (χ3n) is 4.26. The largest absolute Gasteiger partial charge is 0.465 e. The van der Waals surface area contributed by atoms with Gasteiger partial charge in [-0.25, -0.2) is 4.79 Å². The van der Waals surface area contributed by atoms with Gasteiger partial charge in [-0.05, 0) is 55.5 Å². The summed E-state index contributed by atoms with van der Waals surface area (Å²) >= 11 is 0. The van der Waals surface area contributed by atoms with Crippen LogP contribution in [0.4, 0.5) is 11.4 Å². The van der Waals surface area contributed by atoms with Gasteiger partial charge in [-0.2, -0.15) is 0 Å². The Morgan fingerprint density at radius 1 is 0.759 bits per heavy atom. The van der Waals surface area contributed by atoms with Crippen LogP contribution in [0.2, 0.25) is 0 Å². The number of nitrogens with one attached hydrogen (secondary N) is 2.